The summed E-state index contributed by atoms with van der Waals surface area (Å²) in [5, 5.41) is 10.5. The van der Waals surface area contributed by atoms with E-state index in [-0.39, 0.29) is 16.9 Å². The summed E-state index contributed by atoms with van der Waals surface area (Å²) in [5.74, 6) is -0.410. The van der Waals surface area contributed by atoms with Crippen LogP contribution in [-0.4, -0.2) is 24.5 Å². The number of H-pyrrole nitrogens is 1. The number of sulfonamides is 1. The van der Waals surface area contributed by atoms with E-state index in [0.717, 1.165) is 0 Å². The Morgan fingerprint density at radius 3 is 2.44 bits per heavy atom. The van der Waals surface area contributed by atoms with Crippen molar-refractivity contribution in [3.05, 3.63) is 93.9 Å². The van der Waals surface area contributed by atoms with Crippen molar-refractivity contribution in [2.75, 3.05) is 10.0 Å². The molecule has 0 spiro atoms. The summed E-state index contributed by atoms with van der Waals surface area (Å²) in [7, 11) is -3.89. The van der Waals surface area contributed by atoms with Gasteiger partial charge >= 0.3 is 0 Å². The molecule has 32 heavy (non-hydrogen) atoms. The average Bonchev–Trinajstić information content (AvgIpc) is 2.76. The first-order chi connectivity index (χ1) is 15.3. The van der Waals surface area contributed by atoms with E-state index in [1.807, 2.05) is 0 Å². The molecule has 0 aliphatic heterocycles. The molecule has 8 nitrogen and oxygen atoms in total. The highest BCUT2D eigenvalue weighted by molar-refractivity contribution is 7.92. The van der Waals surface area contributed by atoms with Crippen molar-refractivity contribution in [2.45, 2.75) is 11.3 Å². The molecule has 0 saturated heterocycles. The Morgan fingerprint density at radius 2 is 1.66 bits per heavy atom. The normalized spacial score (nSPS) is 11.3. The van der Waals surface area contributed by atoms with Gasteiger partial charge in [-0.1, -0.05) is 41.9 Å². The molecule has 4 aromatic rings. The molecule has 1 amide bonds. The lowest BCUT2D eigenvalue weighted by molar-refractivity contribution is -0.115. The van der Waals surface area contributed by atoms with E-state index in [1.54, 1.807) is 48.5 Å². The van der Waals surface area contributed by atoms with Crippen LogP contribution in [0.2, 0.25) is 5.02 Å². The number of halogens is 1. The van der Waals surface area contributed by atoms with Crippen LogP contribution in [0.5, 0.6) is 0 Å². The zero-order chi connectivity index (χ0) is 22.7. The molecule has 0 radical (unpaired) electrons. The maximum atomic E-state index is 12.7. The Balaban J connectivity index is 1.52. The Bertz CT molecular complexity index is 1480. The van der Waals surface area contributed by atoms with E-state index in [0.29, 0.717) is 32.9 Å². The third kappa shape index (κ3) is 4.79. The van der Waals surface area contributed by atoms with Gasteiger partial charge in [-0.05, 0) is 42.5 Å². The largest absolute Gasteiger partial charge is 0.326 e. The van der Waals surface area contributed by atoms with Crippen molar-refractivity contribution in [3.63, 3.8) is 0 Å². The molecular formula is C22H17ClN4O4S. The number of amides is 1. The van der Waals surface area contributed by atoms with Crippen molar-refractivity contribution in [3.8, 4) is 0 Å². The van der Waals surface area contributed by atoms with Crippen LogP contribution >= 0.6 is 11.6 Å². The molecule has 0 aliphatic rings. The molecule has 162 valence electrons. The monoisotopic (exact) mass is 468 g/mol. The first-order valence-corrected chi connectivity index (χ1v) is 11.3. The molecule has 3 N–H and O–H groups in total. The number of aromatic nitrogens is 2. The van der Waals surface area contributed by atoms with Crippen LogP contribution < -0.4 is 15.6 Å². The summed E-state index contributed by atoms with van der Waals surface area (Å²) < 4.78 is 27.9. The van der Waals surface area contributed by atoms with Crippen LogP contribution in [0, 0.1) is 0 Å². The molecular weight excluding hydrogens is 452 g/mol. The molecule has 0 atom stereocenters. The highest BCUT2D eigenvalue weighted by Crippen LogP contribution is 2.22. The number of carbonyl (C=O) groups is 1. The summed E-state index contributed by atoms with van der Waals surface area (Å²) in [6, 6.07) is 19.1. The predicted octanol–water partition coefficient (Wildman–Crippen LogP) is 3.56. The van der Waals surface area contributed by atoms with Crippen molar-refractivity contribution < 1.29 is 13.2 Å². The number of hydrogen-bond donors (Lipinski definition) is 3. The summed E-state index contributed by atoms with van der Waals surface area (Å²) in [6.45, 7) is 0. The average molecular weight is 469 g/mol. The van der Waals surface area contributed by atoms with Gasteiger partial charge in [-0.2, -0.15) is 5.10 Å². The summed E-state index contributed by atoms with van der Waals surface area (Å²) in [4.78, 5) is 24.5. The van der Waals surface area contributed by atoms with Crippen molar-refractivity contribution in [2.24, 2.45) is 0 Å². The van der Waals surface area contributed by atoms with Gasteiger partial charge in [0, 0.05) is 16.1 Å². The molecule has 0 bridgehead atoms. The highest BCUT2D eigenvalue weighted by Gasteiger charge is 2.16. The minimum absolute atomic E-state index is 0.0251. The maximum Gasteiger partial charge on any atom is 0.272 e. The van der Waals surface area contributed by atoms with Gasteiger partial charge in [-0.3, -0.25) is 14.3 Å². The number of fused-ring (bicyclic) bond motifs is 1. The van der Waals surface area contributed by atoms with Crippen molar-refractivity contribution >= 4 is 49.7 Å². The number of anilines is 2. The molecule has 0 saturated carbocycles. The van der Waals surface area contributed by atoms with E-state index in [2.05, 4.69) is 20.2 Å². The number of nitrogens with one attached hydrogen (secondary N) is 3. The summed E-state index contributed by atoms with van der Waals surface area (Å²) in [6.07, 6.45) is -0.102. The second kappa shape index (κ2) is 8.81. The van der Waals surface area contributed by atoms with Gasteiger partial charge < -0.3 is 5.32 Å². The third-order valence-electron chi connectivity index (χ3n) is 4.61. The second-order valence-corrected chi connectivity index (χ2v) is 9.03. The van der Waals surface area contributed by atoms with Crippen LogP contribution in [0.15, 0.2) is 82.5 Å². The molecule has 1 aromatic heterocycles. The lowest BCUT2D eigenvalue weighted by Crippen LogP contribution is -2.19. The molecule has 0 aliphatic carbocycles. The standard InChI is InChI=1S/C22H17ClN4O4S/c23-14-5-3-7-16(11-14)27-32(30,31)17-8-4-6-15(12-17)24-21(28)13-20-18-9-1-2-10-19(18)22(29)26-25-20/h1-12,27H,13H2,(H,24,28)(H,26,29). The van der Waals surface area contributed by atoms with Gasteiger partial charge in [-0.25, -0.2) is 13.5 Å². The Hall–Kier alpha value is -3.69. The number of carbonyl (C=O) groups excluding carboxylic acids is 1. The summed E-state index contributed by atoms with van der Waals surface area (Å²) in [5.41, 5.74) is 0.694. The Morgan fingerprint density at radius 1 is 0.938 bits per heavy atom. The van der Waals surface area contributed by atoms with Gasteiger partial charge in [0.2, 0.25) is 5.91 Å². The smallest absolute Gasteiger partial charge is 0.272 e. The first kappa shape index (κ1) is 21.5. The van der Waals surface area contributed by atoms with Crippen LogP contribution in [0.4, 0.5) is 11.4 Å². The molecule has 0 fully saturated rings. The maximum absolute atomic E-state index is 12.7. The minimum Gasteiger partial charge on any atom is -0.326 e. The number of benzene rings is 3. The molecule has 1 heterocycles. The Labute approximate surface area is 188 Å². The van der Waals surface area contributed by atoms with Gasteiger partial charge in [0.1, 0.15) is 0 Å². The van der Waals surface area contributed by atoms with Crippen molar-refractivity contribution in [1.29, 1.82) is 0 Å². The van der Waals surface area contributed by atoms with Gasteiger partial charge in [0.05, 0.1) is 28.1 Å². The van der Waals surface area contributed by atoms with E-state index in [4.69, 9.17) is 11.6 Å². The zero-order valence-electron chi connectivity index (χ0n) is 16.5. The fraction of sp³-hybridized carbons (Fsp3) is 0.0455. The Kier molecular flexibility index (Phi) is 5.93. The second-order valence-electron chi connectivity index (χ2n) is 6.91. The fourth-order valence-corrected chi connectivity index (χ4v) is 4.46. The van der Waals surface area contributed by atoms with Crippen LogP contribution in [0.1, 0.15) is 5.69 Å². The van der Waals surface area contributed by atoms with Crippen LogP contribution in [-0.2, 0) is 21.2 Å². The predicted molar refractivity (Wildman–Crippen MR) is 123 cm³/mol. The van der Waals surface area contributed by atoms with E-state index in [9.17, 15) is 18.0 Å². The van der Waals surface area contributed by atoms with Crippen LogP contribution in [0.3, 0.4) is 0 Å². The number of nitrogens with zero attached hydrogens (tertiary/aromatic N) is 1. The minimum atomic E-state index is -3.89. The quantitative estimate of drug-likeness (QED) is 0.399. The van der Waals surface area contributed by atoms with Crippen LogP contribution in [0.25, 0.3) is 10.8 Å². The first-order valence-electron chi connectivity index (χ1n) is 9.46. The summed E-state index contributed by atoms with van der Waals surface area (Å²) >= 11 is 5.91. The topological polar surface area (TPSA) is 121 Å². The molecule has 4 rings (SSSR count). The molecule has 0 unspecified atom stereocenters. The van der Waals surface area contributed by atoms with Gasteiger partial charge in [-0.15, -0.1) is 0 Å². The van der Waals surface area contributed by atoms with E-state index < -0.39 is 15.9 Å². The third-order valence-corrected chi connectivity index (χ3v) is 6.22. The number of hydrogen-bond acceptors (Lipinski definition) is 5. The van der Waals surface area contributed by atoms with E-state index in [1.165, 1.54) is 24.3 Å². The van der Waals surface area contributed by atoms with Gasteiger partial charge in [0.15, 0.2) is 0 Å². The zero-order valence-corrected chi connectivity index (χ0v) is 18.1. The SMILES string of the molecule is O=C(Cc1n[nH]c(=O)c2ccccc12)Nc1cccc(S(=O)(=O)Nc2cccc(Cl)c2)c1. The highest BCUT2D eigenvalue weighted by atomic mass is 35.5. The van der Waals surface area contributed by atoms with E-state index >= 15 is 0 Å². The lowest BCUT2D eigenvalue weighted by Gasteiger charge is -2.11. The number of aromatic amines is 1. The molecule has 10 heteroatoms. The van der Waals surface area contributed by atoms with Gasteiger partial charge in [0.25, 0.3) is 15.6 Å². The fourth-order valence-electron chi connectivity index (χ4n) is 3.17. The molecule has 3 aromatic carbocycles. The van der Waals surface area contributed by atoms with Crippen molar-refractivity contribution in [1.82, 2.24) is 10.2 Å². The lowest BCUT2D eigenvalue weighted by atomic mass is 10.1. The number of rotatable bonds is 6.